The van der Waals surface area contributed by atoms with Crippen LogP contribution in [-0.4, -0.2) is 9.78 Å². The molecular weight excluding hydrogens is 334 g/mol. The highest BCUT2D eigenvalue weighted by Gasteiger charge is 2.17. The summed E-state index contributed by atoms with van der Waals surface area (Å²) < 4.78 is 3.83. The third-order valence-corrected chi connectivity index (χ3v) is 5.22. The van der Waals surface area contributed by atoms with E-state index < -0.39 is 0 Å². The summed E-state index contributed by atoms with van der Waals surface area (Å²) >= 11 is 11.1. The lowest BCUT2D eigenvalue weighted by Crippen LogP contribution is -2.15. The number of nitrogens with zero attached hydrogens (tertiary/aromatic N) is 2. The molecule has 18 heavy (non-hydrogen) atoms. The van der Waals surface area contributed by atoms with Crippen LogP contribution < -0.4 is 5.73 Å². The molecule has 98 valence electrons. The maximum absolute atomic E-state index is 6.23. The Kier molecular flexibility index (Phi) is 4.48. The lowest BCUT2D eigenvalue weighted by atomic mass is 10.1. The van der Waals surface area contributed by atoms with Crippen LogP contribution in [0.15, 0.2) is 16.6 Å². The molecule has 2 rings (SSSR count). The minimum absolute atomic E-state index is 0.0415. The van der Waals surface area contributed by atoms with Crippen LogP contribution in [0.4, 0.5) is 0 Å². The zero-order chi connectivity index (χ0) is 13.3. The molecule has 1 unspecified atom stereocenters. The van der Waals surface area contributed by atoms with Crippen LogP contribution in [0.3, 0.4) is 0 Å². The first-order chi connectivity index (χ1) is 8.52. The van der Waals surface area contributed by atoms with Gasteiger partial charge in [-0.05, 0) is 41.9 Å². The number of thiophene rings is 1. The minimum atomic E-state index is -0.0415. The standard InChI is InChI=1S/C12H15BrClN3S/c1-3-17-9(12(13)7(2)16-17)6-8(15)10-4-5-11(14)18-10/h4-5,8H,3,6,15H2,1-2H3. The van der Waals surface area contributed by atoms with Crippen molar-refractivity contribution in [2.45, 2.75) is 32.9 Å². The molecule has 6 heteroatoms. The van der Waals surface area contributed by atoms with Crippen LogP contribution in [0, 0.1) is 6.92 Å². The average Bonchev–Trinajstić information content (AvgIpc) is 2.88. The molecule has 0 saturated heterocycles. The molecule has 0 aliphatic heterocycles. The third-order valence-electron chi connectivity index (χ3n) is 2.83. The van der Waals surface area contributed by atoms with Crippen molar-refractivity contribution in [2.75, 3.05) is 0 Å². The number of hydrogen-bond acceptors (Lipinski definition) is 3. The monoisotopic (exact) mass is 347 g/mol. The second kappa shape index (κ2) is 5.74. The van der Waals surface area contributed by atoms with E-state index in [1.54, 1.807) is 0 Å². The number of rotatable bonds is 4. The van der Waals surface area contributed by atoms with Gasteiger partial charge in [-0.15, -0.1) is 11.3 Å². The van der Waals surface area contributed by atoms with Gasteiger partial charge in [-0.1, -0.05) is 11.6 Å². The van der Waals surface area contributed by atoms with Crippen molar-refractivity contribution in [3.63, 3.8) is 0 Å². The fraction of sp³-hybridized carbons (Fsp3) is 0.417. The van der Waals surface area contributed by atoms with E-state index in [4.69, 9.17) is 17.3 Å². The van der Waals surface area contributed by atoms with Crippen LogP contribution in [0.25, 0.3) is 0 Å². The fourth-order valence-corrected chi connectivity index (χ4v) is 3.41. The second-order valence-corrected chi connectivity index (χ2v) is 6.65. The van der Waals surface area contributed by atoms with Gasteiger partial charge in [-0.2, -0.15) is 5.10 Å². The first-order valence-electron chi connectivity index (χ1n) is 5.75. The molecule has 0 bridgehead atoms. The molecule has 0 aliphatic carbocycles. The fourth-order valence-electron chi connectivity index (χ4n) is 1.90. The van der Waals surface area contributed by atoms with Crippen molar-refractivity contribution >= 4 is 38.9 Å². The van der Waals surface area contributed by atoms with Gasteiger partial charge in [0.15, 0.2) is 0 Å². The summed E-state index contributed by atoms with van der Waals surface area (Å²) in [4.78, 5) is 1.11. The highest BCUT2D eigenvalue weighted by Crippen LogP contribution is 2.30. The third kappa shape index (κ3) is 2.79. The number of aromatic nitrogens is 2. The SMILES string of the molecule is CCn1nc(C)c(Br)c1CC(N)c1ccc(Cl)s1. The first kappa shape index (κ1) is 14.1. The van der Waals surface area contributed by atoms with E-state index >= 15 is 0 Å². The Morgan fingerprint density at radius 2 is 2.28 bits per heavy atom. The largest absolute Gasteiger partial charge is 0.323 e. The number of aryl methyl sites for hydroxylation is 2. The van der Waals surface area contributed by atoms with E-state index in [0.29, 0.717) is 0 Å². The van der Waals surface area contributed by atoms with Gasteiger partial charge in [-0.25, -0.2) is 0 Å². The summed E-state index contributed by atoms with van der Waals surface area (Å²) in [7, 11) is 0. The van der Waals surface area contributed by atoms with Crippen molar-refractivity contribution in [2.24, 2.45) is 5.73 Å². The highest BCUT2D eigenvalue weighted by molar-refractivity contribution is 9.10. The van der Waals surface area contributed by atoms with E-state index in [1.165, 1.54) is 11.3 Å². The zero-order valence-corrected chi connectivity index (χ0v) is 13.4. The van der Waals surface area contributed by atoms with Gasteiger partial charge in [0.25, 0.3) is 0 Å². The Morgan fingerprint density at radius 3 is 2.83 bits per heavy atom. The van der Waals surface area contributed by atoms with Gasteiger partial charge in [0.2, 0.25) is 0 Å². The second-order valence-electron chi connectivity index (χ2n) is 4.11. The van der Waals surface area contributed by atoms with E-state index in [9.17, 15) is 0 Å². The summed E-state index contributed by atoms with van der Waals surface area (Å²) in [6.07, 6.45) is 0.756. The molecule has 0 aliphatic rings. The van der Waals surface area contributed by atoms with Crippen molar-refractivity contribution in [1.29, 1.82) is 0 Å². The molecule has 2 aromatic rings. The van der Waals surface area contributed by atoms with Crippen LogP contribution in [-0.2, 0) is 13.0 Å². The molecule has 2 aromatic heterocycles. The molecular formula is C12H15BrClN3S. The average molecular weight is 349 g/mol. The van der Waals surface area contributed by atoms with Crippen LogP contribution in [0.5, 0.6) is 0 Å². The van der Waals surface area contributed by atoms with E-state index in [2.05, 4.69) is 28.0 Å². The minimum Gasteiger partial charge on any atom is -0.323 e. The van der Waals surface area contributed by atoms with Gasteiger partial charge in [0, 0.05) is 23.9 Å². The normalized spacial score (nSPS) is 12.9. The molecule has 3 nitrogen and oxygen atoms in total. The number of nitrogens with two attached hydrogens (primary N) is 1. The molecule has 0 aromatic carbocycles. The molecule has 0 fully saturated rings. The smallest absolute Gasteiger partial charge is 0.0931 e. The molecule has 2 N–H and O–H groups in total. The summed E-state index contributed by atoms with van der Waals surface area (Å²) in [5, 5.41) is 4.47. The van der Waals surface area contributed by atoms with Crippen molar-refractivity contribution < 1.29 is 0 Å². The van der Waals surface area contributed by atoms with Gasteiger partial charge >= 0.3 is 0 Å². The van der Waals surface area contributed by atoms with Gasteiger partial charge in [-0.3, -0.25) is 4.68 Å². The van der Waals surface area contributed by atoms with Gasteiger partial charge < -0.3 is 5.73 Å². The molecule has 0 amide bonds. The summed E-state index contributed by atoms with van der Waals surface area (Å²) in [5.74, 6) is 0. The number of halogens is 2. The molecule has 0 radical (unpaired) electrons. The van der Waals surface area contributed by atoms with Crippen LogP contribution in [0.1, 0.15) is 29.2 Å². The van der Waals surface area contributed by atoms with Crippen molar-refractivity contribution in [3.8, 4) is 0 Å². The van der Waals surface area contributed by atoms with Crippen molar-refractivity contribution in [3.05, 3.63) is 37.2 Å². The Hall–Kier alpha value is -0.360. The van der Waals surface area contributed by atoms with E-state index in [0.717, 1.165) is 38.0 Å². The number of hydrogen-bond donors (Lipinski definition) is 1. The molecule has 0 saturated carbocycles. The van der Waals surface area contributed by atoms with E-state index in [1.807, 2.05) is 23.7 Å². The van der Waals surface area contributed by atoms with Gasteiger partial charge in [0.1, 0.15) is 0 Å². The van der Waals surface area contributed by atoms with Crippen LogP contribution in [0.2, 0.25) is 4.34 Å². The lowest BCUT2D eigenvalue weighted by molar-refractivity contribution is 0.589. The quantitative estimate of drug-likeness (QED) is 0.909. The zero-order valence-electron chi connectivity index (χ0n) is 10.3. The summed E-state index contributed by atoms with van der Waals surface area (Å²) in [5.41, 5.74) is 8.38. The molecule has 0 spiro atoms. The predicted molar refractivity (Wildman–Crippen MR) is 80.3 cm³/mol. The van der Waals surface area contributed by atoms with Crippen LogP contribution >= 0.6 is 38.9 Å². The maximum atomic E-state index is 6.23. The molecule has 1 atom stereocenters. The predicted octanol–water partition coefficient (Wildman–Crippen LogP) is 3.93. The van der Waals surface area contributed by atoms with E-state index in [-0.39, 0.29) is 6.04 Å². The van der Waals surface area contributed by atoms with Gasteiger partial charge in [0.05, 0.1) is 20.2 Å². The Morgan fingerprint density at radius 1 is 1.56 bits per heavy atom. The Bertz CT molecular complexity index is 550. The van der Waals surface area contributed by atoms with Crippen molar-refractivity contribution in [1.82, 2.24) is 9.78 Å². The molecule has 2 heterocycles. The lowest BCUT2D eigenvalue weighted by Gasteiger charge is -2.11. The Balaban J connectivity index is 2.23. The summed E-state index contributed by atoms with van der Waals surface area (Å²) in [6.45, 7) is 4.92. The maximum Gasteiger partial charge on any atom is 0.0931 e. The highest BCUT2D eigenvalue weighted by atomic mass is 79.9. The topological polar surface area (TPSA) is 43.8 Å². The Labute approximate surface area is 124 Å². The summed E-state index contributed by atoms with van der Waals surface area (Å²) in [6, 6.07) is 3.84. The first-order valence-corrected chi connectivity index (χ1v) is 7.74.